The molecule has 0 atom stereocenters. The number of hydrogen-bond acceptors (Lipinski definition) is 0. The molecule has 138 valence electrons. The number of benzene rings is 2. The van der Waals surface area contributed by atoms with Crippen molar-refractivity contribution in [3.63, 3.8) is 0 Å². The quantitative estimate of drug-likeness (QED) is 0.441. The Kier molecular flexibility index (Phi) is 4.54. The fourth-order valence-corrected chi connectivity index (χ4v) is 4.46. The van der Waals surface area contributed by atoms with Gasteiger partial charge in [-0.3, -0.25) is 4.39 Å². The summed E-state index contributed by atoms with van der Waals surface area (Å²) >= 11 is 0. The number of aryl methyl sites for hydroxylation is 1. The minimum absolute atomic E-state index is 0.0463. The van der Waals surface area contributed by atoms with Gasteiger partial charge in [0.1, 0.15) is 5.82 Å². The number of halogens is 4. The lowest BCUT2D eigenvalue weighted by Crippen LogP contribution is -2.15. The normalized spacial score (nSPS) is 21.1. The molecule has 1 saturated carbocycles. The molecule has 0 aliphatic heterocycles. The molecule has 26 heavy (non-hydrogen) atoms. The first-order valence-corrected chi connectivity index (χ1v) is 9.42. The summed E-state index contributed by atoms with van der Waals surface area (Å²) in [6, 6.07) is 5.18. The maximum Gasteiger partial charge on any atom is 0.167 e. The van der Waals surface area contributed by atoms with Gasteiger partial charge in [0.25, 0.3) is 0 Å². The highest BCUT2D eigenvalue weighted by atomic mass is 19.2. The van der Waals surface area contributed by atoms with Crippen LogP contribution in [0.5, 0.6) is 0 Å². The maximum atomic E-state index is 15.2. The Morgan fingerprint density at radius 1 is 0.885 bits per heavy atom. The Morgan fingerprint density at radius 2 is 1.58 bits per heavy atom. The van der Waals surface area contributed by atoms with E-state index in [-0.39, 0.29) is 35.4 Å². The third kappa shape index (κ3) is 2.65. The molecule has 0 bridgehead atoms. The first kappa shape index (κ1) is 17.6. The average molecular weight is 362 g/mol. The van der Waals surface area contributed by atoms with Gasteiger partial charge >= 0.3 is 0 Å². The third-order valence-corrected chi connectivity index (χ3v) is 6.03. The minimum atomic E-state index is -1.00. The second kappa shape index (κ2) is 6.71. The predicted octanol–water partition coefficient (Wildman–Crippen LogP) is 6.95. The second-order valence-corrected chi connectivity index (χ2v) is 7.73. The summed E-state index contributed by atoms with van der Waals surface area (Å²) < 4.78 is 56.4. The first-order valence-electron chi connectivity index (χ1n) is 9.42. The summed E-state index contributed by atoms with van der Waals surface area (Å²) in [5.41, 5.74) is 2.22. The van der Waals surface area contributed by atoms with Gasteiger partial charge < -0.3 is 0 Å². The molecule has 0 nitrogen and oxygen atoms in total. The summed E-state index contributed by atoms with van der Waals surface area (Å²) in [7, 11) is 0. The Labute approximate surface area is 151 Å². The molecule has 2 aliphatic rings. The van der Waals surface area contributed by atoms with E-state index in [1.165, 1.54) is 0 Å². The van der Waals surface area contributed by atoms with Crippen molar-refractivity contribution in [2.24, 2.45) is 5.92 Å². The van der Waals surface area contributed by atoms with Gasteiger partial charge in [-0.1, -0.05) is 31.9 Å². The van der Waals surface area contributed by atoms with Gasteiger partial charge in [-0.05, 0) is 65.8 Å². The van der Waals surface area contributed by atoms with Crippen LogP contribution in [0.1, 0.15) is 56.1 Å². The van der Waals surface area contributed by atoms with Crippen molar-refractivity contribution in [1.29, 1.82) is 0 Å². The number of alkyl halides is 1. The van der Waals surface area contributed by atoms with E-state index in [4.69, 9.17) is 0 Å². The Hall–Kier alpha value is -1.84. The fraction of sp³-hybridized carbons (Fsp3) is 0.455. The van der Waals surface area contributed by atoms with E-state index in [1.807, 2.05) is 6.07 Å². The van der Waals surface area contributed by atoms with E-state index in [1.54, 1.807) is 12.1 Å². The second-order valence-electron chi connectivity index (χ2n) is 7.73. The zero-order valence-corrected chi connectivity index (χ0v) is 14.8. The molecule has 4 rings (SSSR count). The maximum absolute atomic E-state index is 15.2. The van der Waals surface area contributed by atoms with Crippen LogP contribution in [-0.4, -0.2) is 6.67 Å². The minimum Gasteiger partial charge on any atom is -0.251 e. The molecule has 1 fully saturated rings. The van der Waals surface area contributed by atoms with Gasteiger partial charge in [-0.15, -0.1) is 0 Å². The van der Waals surface area contributed by atoms with Crippen molar-refractivity contribution in [3.05, 3.63) is 46.8 Å². The van der Waals surface area contributed by atoms with Crippen LogP contribution in [0.4, 0.5) is 17.6 Å². The lowest BCUT2D eigenvalue weighted by molar-refractivity contribution is 0.342. The zero-order chi connectivity index (χ0) is 18.4. The van der Waals surface area contributed by atoms with Crippen LogP contribution >= 0.6 is 0 Å². The van der Waals surface area contributed by atoms with Gasteiger partial charge in [-0.2, -0.15) is 0 Å². The van der Waals surface area contributed by atoms with Crippen LogP contribution in [0.2, 0.25) is 0 Å². The smallest absolute Gasteiger partial charge is 0.167 e. The van der Waals surface area contributed by atoms with E-state index in [0.29, 0.717) is 22.6 Å². The predicted molar refractivity (Wildman–Crippen MR) is 95.4 cm³/mol. The molecule has 0 heterocycles. The molecular weight excluding hydrogens is 340 g/mol. The summed E-state index contributed by atoms with van der Waals surface area (Å²) in [5, 5.41) is 0. The van der Waals surface area contributed by atoms with E-state index in [0.717, 1.165) is 25.7 Å². The highest BCUT2D eigenvalue weighted by Crippen LogP contribution is 2.53. The van der Waals surface area contributed by atoms with Crippen LogP contribution in [0.15, 0.2) is 18.2 Å². The van der Waals surface area contributed by atoms with Crippen molar-refractivity contribution in [1.82, 2.24) is 0 Å². The van der Waals surface area contributed by atoms with Crippen LogP contribution in [0, 0.1) is 23.4 Å². The molecule has 4 heteroatoms. The monoisotopic (exact) mass is 362 g/mol. The van der Waals surface area contributed by atoms with Crippen molar-refractivity contribution in [2.45, 2.75) is 51.4 Å². The van der Waals surface area contributed by atoms with Gasteiger partial charge in [0, 0.05) is 11.1 Å². The fourth-order valence-electron chi connectivity index (χ4n) is 4.46. The van der Waals surface area contributed by atoms with Gasteiger partial charge in [0.2, 0.25) is 0 Å². The molecule has 0 aromatic heterocycles. The lowest BCUT2D eigenvalue weighted by atomic mass is 9.74. The van der Waals surface area contributed by atoms with E-state index in [9.17, 15) is 13.2 Å². The molecule has 0 N–H and O–H groups in total. The highest BCUT2D eigenvalue weighted by molar-refractivity contribution is 6.03. The van der Waals surface area contributed by atoms with Crippen molar-refractivity contribution in [2.75, 3.05) is 6.67 Å². The molecule has 0 radical (unpaired) electrons. The lowest BCUT2D eigenvalue weighted by Gasteiger charge is -2.31. The summed E-state index contributed by atoms with van der Waals surface area (Å²) in [5.74, 6) is -1.56. The Morgan fingerprint density at radius 3 is 2.27 bits per heavy atom. The van der Waals surface area contributed by atoms with Gasteiger partial charge in [0.05, 0.1) is 6.67 Å². The highest BCUT2D eigenvalue weighted by Gasteiger charge is 2.35. The molecule has 0 spiro atoms. The number of hydrogen-bond donors (Lipinski definition) is 0. The van der Waals surface area contributed by atoms with E-state index >= 15 is 4.39 Å². The largest absolute Gasteiger partial charge is 0.251 e. The Balaban J connectivity index is 1.72. The van der Waals surface area contributed by atoms with Crippen molar-refractivity contribution in [3.8, 4) is 22.3 Å². The molecule has 0 unspecified atom stereocenters. The topological polar surface area (TPSA) is 0 Å². The van der Waals surface area contributed by atoms with Crippen LogP contribution < -0.4 is 0 Å². The summed E-state index contributed by atoms with van der Waals surface area (Å²) in [6.07, 6.45) is 4.29. The van der Waals surface area contributed by atoms with Crippen molar-refractivity contribution < 1.29 is 17.6 Å². The van der Waals surface area contributed by atoms with Gasteiger partial charge in [0.15, 0.2) is 11.6 Å². The van der Waals surface area contributed by atoms with Crippen molar-refractivity contribution >= 4 is 0 Å². The number of fused-ring (bicyclic) bond motifs is 4. The van der Waals surface area contributed by atoms with E-state index in [2.05, 4.69) is 6.92 Å². The molecule has 2 aliphatic carbocycles. The summed E-state index contributed by atoms with van der Waals surface area (Å²) in [4.78, 5) is 0. The summed E-state index contributed by atoms with van der Waals surface area (Å²) in [6.45, 7) is 1.63. The SMILES string of the molecule is CC1CCC(c2ccc3c(c2F)-c2c-3cc(CCCF)c(F)c2F)CC1. The van der Waals surface area contributed by atoms with Crippen LogP contribution in [-0.2, 0) is 6.42 Å². The van der Waals surface area contributed by atoms with Crippen LogP contribution in [0.3, 0.4) is 0 Å². The molecule has 0 amide bonds. The third-order valence-electron chi connectivity index (χ3n) is 6.03. The van der Waals surface area contributed by atoms with Gasteiger partial charge in [-0.25, -0.2) is 13.2 Å². The number of rotatable bonds is 4. The molecular formula is C22H22F4. The van der Waals surface area contributed by atoms with Crippen LogP contribution in [0.25, 0.3) is 22.3 Å². The standard InChI is InChI=1S/C22H22F4/c1-12-4-6-13(7-5-12)15-8-9-16-17-11-14(3-2-10-23)20(24)22(26)19(17)18(16)21(15)25/h8-9,11-13H,2-7,10H2,1H3. The first-order chi connectivity index (χ1) is 12.5. The molecule has 2 aromatic rings. The zero-order valence-electron chi connectivity index (χ0n) is 14.8. The Bertz CT molecular complexity index is 848. The average Bonchev–Trinajstić information content (AvgIpc) is 2.62. The molecule has 2 aromatic carbocycles. The van der Waals surface area contributed by atoms with E-state index < -0.39 is 24.1 Å². The molecule has 0 saturated heterocycles.